The van der Waals surface area contributed by atoms with Gasteiger partial charge in [0.05, 0.1) is 10.6 Å². The molecule has 1 aromatic rings. The highest BCUT2D eigenvalue weighted by atomic mass is 32.1. The van der Waals surface area contributed by atoms with Crippen LogP contribution < -0.4 is 4.90 Å². The Labute approximate surface area is 155 Å². The Morgan fingerprint density at radius 2 is 1.92 bits per heavy atom. The number of carboxylic acids is 1. The highest BCUT2D eigenvalue weighted by Crippen LogP contribution is 2.37. The summed E-state index contributed by atoms with van der Waals surface area (Å²) in [4.78, 5) is 14.8. The second kappa shape index (κ2) is 7.66. The molecule has 0 bridgehead atoms. The molecular weight excluding hydrogens is 330 g/mol. The third-order valence-electron chi connectivity index (χ3n) is 4.75. The molecule has 0 aliphatic heterocycles. The van der Waals surface area contributed by atoms with Gasteiger partial charge in [0.1, 0.15) is 4.88 Å². The summed E-state index contributed by atoms with van der Waals surface area (Å²) in [5.41, 5.74) is 1.61. The van der Waals surface area contributed by atoms with E-state index in [0.29, 0.717) is 16.5 Å². The summed E-state index contributed by atoms with van der Waals surface area (Å²) in [6.45, 7) is 12.7. The van der Waals surface area contributed by atoms with Crippen molar-refractivity contribution in [2.24, 2.45) is 17.3 Å². The molecule has 0 atom stereocenters. The molecule has 1 saturated carbocycles. The van der Waals surface area contributed by atoms with Gasteiger partial charge in [-0.1, -0.05) is 38.2 Å². The largest absolute Gasteiger partial charge is 0.477 e. The molecule has 3 nitrogen and oxygen atoms in total. The van der Waals surface area contributed by atoms with Gasteiger partial charge in [-0.2, -0.15) is 0 Å². The van der Waals surface area contributed by atoms with E-state index in [1.54, 1.807) is 0 Å². The standard InChI is InChI=1S/C21H29NO2S/c1-14-7-9-16(10-8-14)15(2)22(6)18-13-17(11-12-21(3,4)5)25-19(18)20(23)24/h13-14,16H,2,7-10H2,1,3-6H3,(H,23,24)/t14-,16-. The van der Waals surface area contributed by atoms with Crippen molar-refractivity contribution in [3.8, 4) is 11.8 Å². The van der Waals surface area contributed by atoms with Crippen molar-refractivity contribution in [2.75, 3.05) is 11.9 Å². The predicted molar refractivity (Wildman–Crippen MR) is 106 cm³/mol. The van der Waals surface area contributed by atoms with Crippen molar-refractivity contribution < 1.29 is 9.90 Å². The Morgan fingerprint density at radius 3 is 2.44 bits per heavy atom. The Hall–Kier alpha value is -1.73. The number of allylic oxidation sites excluding steroid dienone is 1. The predicted octanol–water partition coefficient (Wildman–Crippen LogP) is 5.62. The average Bonchev–Trinajstić information content (AvgIpc) is 2.96. The summed E-state index contributed by atoms with van der Waals surface area (Å²) in [6, 6.07) is 1.89. The maximum absolute atomic E-state index is 11.7. The second-order valence-corrected chi connectivity index (χ2v) is 9.19. The first kappa shape index (κ1) is 19.6. The van der Waals surface area contributed by atoms with Crippen LogP contribution in [0.4, 0.5) is 5.69 Å². The lowest BCUT2D eigenvalue weighted by atomic mass is 9.81. The summed E-state index contributed by atoms with van der Waals surface area (Å²) >= 11 is 1.25. The van der Waals surface area contributed by atoms with Gasteiger partial charge >= 0.3 is 5.97 Å². The molecule has 25 heavy (non-hydrogen) atoms. The Bertz CT molecular complexity index is 706. The number of hydrogen-bond donors (Lipinski definition) is 1. The number of hydrogen-bond acceptors (Lipinski definition) is 3. The van der Waals surface area contributed by atoms with Crippen LogP contribution in [0.5, 0.6) is 0 Å². The van der Waals surface area contributed by atoms with Crippen LogP contribution in [0.1, 0.15) is 67.9 Å². The van der Waals surface area contributed by atoms with Gasteiger partial charge in [-0.15, -0.1) is 11.3 Å². The van der Waals surface area contributed by atoms with E-state index in [9.17, 15) is 9.90 Å². The van der Waals surface area contributed by atoms with E-state index in [1.807, 2.05) is 38.8 Å². The quantitative estimate of drug-likeness (QED) is 0.709. The fraction of sp³-hybridized carbons (Fsp3) is 0.571. The minimum absolute atomic E-state index is 0.109. The van der Waals surface area contributed by atoms with Crippen molar-refractivity contribution in [1.82, 2.24) is 0 Å². The minimum Gasteiger partial charge on any atom is -0.477 e. The van der Waals surface area contributed by atoms with Gasteiger partial charge in [-0.05, 0) is 51.5 Å². The van der Waals surface area contributed by atoms with Crippen LogP contribution in [0.2, 0.25) is 0 Å². The third-order valence-corrected chi connectivity index (χ3v) is 5.77. The van der Waals surface area contributed by atoms with Crippen LogP contribution in [0, 0.1) is 29.1 Å². The van der Waals surface area contributed by atoms with Gasteiger partial charge in [-0.3, -0.25) is 0 Å². The van der Waals surface area contributed by atoms with Crippen LogP contribution in [-0.2, 0) is 0 Å². The summed E-state index contributed by atoms with van der Waals surface area (Å²) in [7, 11) is 1.93. The highest BCUT2D eigenvalue weighted by Gasteiger charge is 2.26. The SMILES string of the molecule is C=C([C@H]1CC[C@H](C)CC1)N(C)c1cc(C#CC(C)(C)C)sc1C(=O)O. The first-order valence-electron chi connectivity index (χ1n) is 8.91. The number of thiophene rings is 1. The van der Waals surface area contributed by atoms with Gasteiger partial charge in [-0.25, -0.2) is 4.79 Å². The molecule has 4 heteroatoms. The van der Waals surface area contributed by atoms with E-state index in [2.05, 4.69) is 25.3 Å². The molecule has 1 N–H and O–H groups in total. The first-order chi connectivity index (χ1) is 11.6. The van der Waals surface area contributed by atoms with Crippen molar-refractivity contribution in [3.63, 3.8) is 0 Å². The van der Waals surface area contributed by atoms with Crippen molar-refractivity contribution in [2.45, 2.75) is 53.4 Å². The summed E-state index contributed by atoms with van der Waals surface area (Å²) < 4.78 is 0. The lowest BCUT2D eigenvalue weighted by Crippen LogP contribution is -2.25. The monoisotopic (exact) mass is 359 g/mol. The summed E-state index contributed by atoms with van der Waals surface area (Å²) in [6.07, 6.45) is 4.70. The van der Waals surface area contributed by atoms with E-state index < -0.39 is 5.97 Å². The molecule has 0 saturated heterocycles. The molecule has 1 aliphatic carbocycles. The molecule has 0 unspecified atom stereocenters. The zero-order valence-corrected chi connectivity index (χ0v) is 16.8. The normalized spacial score (nSPS) is 20.5. The van der Waals surface area contributed by atoms with Crippen LogP contribution >= 0.6 is 11.3 Å². The maximum atomic E-state index is 11.7. The minimum atomic E-state index is -0.902. The van der Waals surface area contributed by atoms with E-state index >= 15 is 0 Å². The molecule has 0 aromatic carbocycles. The van der Waals surface area contributed by atoms with E-state index in [0.717, 1.165) is 29.3 Å². The number of aromatic carboxylic acids is 1. The van der Waals surface area contributed by atoms with E-state index in [4.69, 9.17) is 0 Å². The molecule has 136 valence electrons. The Kier molecular flexibility index (Phi) is 6.00. The van der Waals surface area contributed by atoms with Crippen LogP contribution in [-0.4, -0.2) is 18.1 Å². The number of rotatable bonds is 4. The van der Waals surface area contributed by atoms with Gasteiger partial charge in [0.2, 0.25) is 0 Å². The van der Waals surface area contributed by atoms with E-state index in [1.165, 1.54) is 24.2 Å². The zero-order valence-electron chi connectivity index (χ0n) is 16.0. The number of nitrogens with zero attached hydrogens (tertiary/aromatic N) is 1. The number of anilines is 1. The number of carbonyl (C=O) groups is 1. The van der Waals surface area contributed by atoms with Crippen molar-refractivity contribution >= 4 is 23.0 Å². The van der Waals surface area contributed by atoms with Crippen molar-refractivity contribution in [3.05, 3.63) is 28.1 Å². The second-order valence-electron chi connectivity index (χ2n) is 8.14. The van der Waals surface area contributed by atoms with Crippen LogP contribution in [0.15, 0.2) is 18.3 Å². The van der Waals surface area contributed by atoms with Gasteiger partial charge in [0, 0.05) is 18.2 Å². The van der Waals surface area contributed by atoms with Crippen LogP contribution in [0.25, 0.3) is 0 Å². The molecule has 0 radical (unpaired) electrons. The molecule has 2 rings (SSSR count). The lowest BCUT2D eigenvalue weighted by Gasteiger charge is -2.32. The maximum Gasteiger partial charge on any atom is 0.348 e. The van der Waals surface area contributed by atoms with Crippen molar-refractivity contribution in [1.29, 1.82) is 0 Å². The number of carboxylic acid groups (broad SMARTS) is 1. The Balaban J connectivity index is 2.26. The molecule has 1 fully saturated rings. The third kappa shape index (κ3) is 5.12. The summed E-state index contributed by atoms with van der Waals surface area (Å²) in [5, 5.41) is 9.59. The van der Waals surface area contributed by atoms with E-state index in [-0.39, 0.29) is 5.41 Å². The zero-order chi connectivity index (χ0) is 18.8. The molecule has 1 aliphatic rings. The lowest BCUT2D eigenvalue weighted by molar-refractivity contribution is 0.0703. The molecule has 0 amide bonds. The van der Waals surface area contributed by atoms with Gasteiger partial charge in [0.25, 0.3) is 0 Å². The first-order valence-corrected chi connectivity index (χ1v) is 9.73. The fourth-order valence-electron chi connectivity index (χ4n) is 3.12. The smallest absolute Gasteiger partial charge is 0.348 e. The van der Waals surface area contributed by atoms with Crippen LogP contribution in [0.3, 0.4) is 0 Å². The summed E-state index contributed by atoms with van der Waals surface area (Å²) in [5.74, 6) is 6.63. The fourth-order valence-corrected chi connectivity index (χ4v) is 4.00. The molecule has 1 aromatic heterocycles. The molecule has 1 heterocycles. The molecular formula is C21H29NO2S. The topological polar surface area (TPSA) is 40.5 Å². The average molecular weight is 360 g/mol. The Morgan fingerprint density at radius 1 is 1.32 bits per heavy atom. The van der Waals surface area contributed by atoms with Gasteiger partial charge in [0.15, 0.2) is 0 Å². The highest BCUT2D eigenvalue weighted by molar-refractivity contribution is 7.15. The molecule has 0 spiro atoms. The van der Waals surface area contributed by atoms with Gasteiger partial charge < -0.3 is 10.0 Å².